The number of carbonyl (C=O) groups excluding carboxylic acids is 1. The van der Waals surface area contributed by atoms with E-state index < -0.39 is 0 Å². The summed E-state index contributed by atoms with van der Waals surface area (Å²) in [4.78, 5) is 30.5. The standard InChI is InChI=1S/C27H26N4O3S/c1-3-16-34-21-14-12-20(13-15-21)17-28-30-25(32)18-35-27-29-23-10-6-5-9-22(23)26(33)31(27)24-11-7-4-8-19(24)2/h4-15,17H,3,16,18H2,1-2H3,(H,30,32)/b28-17-. The molecule has 0 aliphatic heterocycles. The molecular weight excluding hydrogens is 460 g/mol. The summed E-state index contributed by atoms with van der Waals surface area (Å²) in [6, 6.07) is 22.3. The number of aryl methyl sites for hydroxylation is 1. The van der Waals surface area contributed by atoms with Crippen molar-refractivity contribution in [3.63, 3.8) is 0 Å². The highest BCUT2D eigenvalue weighted by Crippen LogP contribution is 2.23. The van der Waals surface area contributed by atoms with Gasteiger partial charge >= 0.3 is 0 Å². The molecule has 0 atom stereocenters. The number of hydrogen-bond donors (Lipinski definition) is 1. The van der Waals surface area contributed by atoms with E-state index in [-0.39, 0.29) is 17.2 Å². The summed E-state index contributed by atoms with van der Waals surface area (Å²) in [6.45, 7) is 4.67. The van der Waals surface area contributed by atoms with Crippen molar-refractivity contribution in [1.29, 1.82) is 0 Å². The molecule has 0 spiro atoms. The van der Waals surface area contributed by atoms with Gasteiger partial charge in [-0.25, -0.2) is 10.4 Å². The number of ether oxygens (including phenoxy) is 1. The minimum absolute atomic E-state index is 0.0534. The van der Waals surface area contributed by atoms with Gasteiger partial charge in [0.25, 0.3) is 11.5 Å². The summed E-state index contributed by atoms with van der Waals surface area (Å²) < 4.78 is 7.13. The molecule has 1 amide bonds. The Labute approximate surface area is 207 Å². The van der Waals surface area contributed by atoms with Crippen molar-refractivity contribution < 1.29 is 9.53 Å². The molecule has 0 radical (unpaired) electrons. The van der Waals surface area contributed by atoms with Crippen LogP contribution in [0.5, 0.6) is 5.75 Å². The number of para-hydroxylation sites is 2. The van der Waals surface area contributed by atoms with E-state index in [4.69, 9.17) is 4.74 Å². The first kappa shape index (κ1) is 24.2. The summed E-state index contributed by atoms with van der Waals surface area (Å²) in [5.41, 5.74) is 5.48. The monoisotopic (exact) mass is 486 g/mol. The molecule has 1 N–H and O–H groups in total. The molecule has 0 aliphatic rings. The number of fused-ring (bicyclic) bond motifs is 1. The molecule has 8 heteroatoms. The Morgan fingerprint density at radius 3 is 2.60 bits per heavy atom. The quantitative estimate of drug-likeness (QED) is 0.160. The number of aromatic nitrogens is 2. The van der Waals surface area contributed by atoms with E-state index in [1.54, 1.807) is 22.9 Å². The van der Waals surface area contributed by atoms with E-state index in [0.717, 1.165) is 29.0 Å². The molecular formula is C27H26N4O3S. The van der Waals surface area contributed by atoms with Gasteiger partial charge in [0.2, 0.25) is 0 Å². The molecule has 0 saturated carbocycles. The Morgan fingerprint density at radius 2 is 1.83 bits per heavy atom. The Balaban J connectivity index is 1.48. The molecule has 0 unspecified atom stereocenters. The number of rotatable bonds is 9. The van der Waals surface area contributed by atoms with Gasteiger partial charge in [-0.3, -0.25) is 14.2 Å². The average molecular weight is 487 g/mol. The summed E-state index contributed by atoms with van der Waals surface area (Å²) in [5.74, 6) is 0.553. The predicted octanol–water partition coefficient (Wildman–Crippen LogP) is 4.73. The largest absolute Gasteiger partial charge is 0.494 e. The first-order valence-electron chi connectivity index (χ1n) is 11.3. The van der Waals surface area contributed by atoms with Crippen molar-refractivity contribution in [2.75, 3.05) is 12.4 Å². The van der Waals surface area contributed by atoms with Gasteiger partial charge in [-0.15, -0.1) is 0 Å². The highest BCUT2D eigenvalue weighted by Gasteiger charge is 2.15. The number of hydrogen-bond acceptors (Lipinski definition) is 6. The SMILES string of the molecule is CCCOc1ccc(/C=N\NC(=O)CSc2nc3ccccc3c(=O)n2-c2ccccc2C)cc1. The van der Waals surface area contributed by atoms with Crippen molar-refractivity contribution in [3.8, 4) is 11.4 Å². The maximum atomic E-state index is 13.3. The lowest BCUT2D eigenvalue weighted by atomic mass is 10.2. The highest BCUT2D eigenvalue weighted by molar-refractivity contribution is 7.99. The number of thioether (sulfide) groups is 1. The molecule has 7 nitrogen and oxygen atoms in total. The van der Waals surface area contributed by atoms with Crippen molar-refractivity contribution in [2.45, 2.75) is 25.4 Å². The fraction of sp³-hybridized carbons (Fsp3) is 0.185. The zero-order valence-electron chi connectivity index (χ0n) is 19.6. The van der Waals surface area contributed by atoms with Crippen molar-refractivity contribution >= 4 is 34.8 Å². The van der Waals surface area contributed by atoms with Crippen LogP contribution in [0.25, 0.3) is 16.6 Å². The number of nitrogens with zero attached hydrogens (tertiary/aromatic N) is 3. The summed E-state index contributed by atoms with van der Waals surface area (Å²) >= 11 is 1.19. The molecule has 178 valence electrons. The van der Waals surface area contributed by atoms with Crippen LogP contribution in [0.1, 0.15) is 24.5 Å². The van der Waals surface area contributed by atoms with Crippen LogP contribution in [0.15, 0.2) is 87.8 Å². The molecule has 1 aromatic heterocycles. The summed E-state index contributed by atoms with van der Waals surface area (Å²) in [7, 11) is 0. The number of amides is 1. The van der Waals surface area contributed by atoms with E-state index >= 15 is 0 Å². The van der Waals surface area contributed by atoms with Gasteiger partial charge in [0.05, 0.1) is 35.2 Å². The van der Waals surface area contributed by atoms with Gasteiger partial charge in [0.1, 0.15) is 5.75 Å². The number of nitrogens with one attached hydrogen (secondary N) is 1. The first-order chi connectivity index (χ1) is 17.1. The van der Waals surface area contributed by atoms with Crippen molar-refractivity contribution in [3.05, 3.63) is 94.3 Å². The van der Waals surface area contributed by atoms with Crippen LogP contribution in [-0.4, -0.2) is 34.0 Å². The maximum Gasteiger partial charge on any atom is 0.266 e. The lowest BCUT2D eigenvalue weighted by Gasteiger charge is -2.14. The number of hydrazone groups is 1. The zero-order chi connectivity index (χ0) is 24.6. The summed E-state index contributed by atoms with van der Waals surface area (Å²) in [6.07, 6.45) is 2.52. The third-order valence-electron chi connectivity index (χ3n) is 5.19. The second-order valence-electron chi connectivity index (χ2n) is 7.84. The lowest BCUT2D eigenvalue weighted by molar-refractivity contribution is -0.118. The molecule has 35 heavy (non-hydrogen) atoms. The first-order valence-corrected chi connectivity index (χ1v) is 12.3. The van der Waals surface area contributed by atoms with Gasteiger partial charge in [-0.05, 0) is 66.9 Å². The molecule has 1 heterocycles. The van der Waals surface area contributed by atoms with Crippen LogP contribution in [0, 0.1) is 6.92 Å². The van der Waals surface area contributed by atoms with Gasteiger partial charge in [-0.2, -0.15) is 5.10 Å². The smallest absolute Gasteiger partial charge is 0.266 e. The topological polar surface area (TPSA) is 85.6 Å². The van der Waals surface area contributed by atoms with Crippen LogP contribution < -0.4 is 15.7 Å². The van der Waals surface area contributed by atoms with Gasteiger partial charge in [0, 0.05) is 0 Å². The summed E-state index contributed by atoms with van der Waals surface area (Å²) in [5, 5.41) is 5.02. The van der Waals surface area contributed by atoms with Crippen molar-refractivity contribution in [2.24, 2.45) is 5.10 Å². The van der Waals surface area contributed by atoms with E-state index in [0.29, 0.717) is 22.7 Å². The fourth-order valence-electron chi connectivity index (χ4n) is 3.45. The van der Waals surface area contributed by atoms with Crippen LogP contribution in [0.4, 0.5) is 0 Å². The second kappa shape index (κ2) is 11.5. The normalized spacial score (nSPS) is 11.1. The third kappa shape index (κ3) is 5.96. The third-order valence-corrected chi connectivity index (χ3v) is 6.13. The van der Waals surface area contributed by atoms with E-state index in [1.807, 2.05) is 67.6 Å². The second-order valence-corrected chi connectivity index (χ2v) is 8.78. The van der Waals surface area contributed by atoms with Crippen LogP contribution in [0.2, 0.25) is 0 Å². The molecule has 0 aliphatic carbocycles. The number of carbonyl (C=O) groups is 1. The average Bonchev–Trinajstić information content (AvgIpc) is 2.88. The Bertz CT molecular complexity index is 1410. The Hall–Kier alpha value is -3.91. The molecule has 0 saturated heterocycles. The van der Waals surface area contributed by atoms with Crippen LogP contribution in [0.3, 0.4) is 0 Å². The zero-order valence-corrected chi connectivity index (χ0v) is 20.4. The van der Waals surface area contributed by atoms with Crippen LogP contribution >= 0.6 is 11.8 Å². The highest BCUT2D eigenvalue weighted by atomic mass is 32.2. The predicted molar refractivity (Wildman–Crippen MR) is 141 cm³/mol. The molecule has 4 aromatic rings. The molecule has 4 rings (SSSR count). The molecule has 0 fully saturated rings. The van der Waals surface area contributed by atoms with E-state index in [9.17, 15) is 9.59 Å². The number of benzene rings is 3. The van der Waals surface area contributed by atoms with E-state index in [1.165, 1.54) is 11.8 Å². The minimum Gasteiger partial charge on any atom is -0.494 e. The van der Waals surface area contributed by atoms with Crippen LogP contribution in [-0.2, 0) is 4.79 Å². The van der Waals surface area contributed by atoms with Gasteiger partial charge in [-0.1, -0.05) is 49.0 Å². The van der Waals surface area contributed by atoms with Gasteiger partial charge in [0.15, 0.2) is 5.16 Å². The molecule has 0 bridgehead atoms. The van der Waals surface area contributed by atoms with Crippen molar-refractivity contribution in [1.82, 2.24) is 15.0 Å². The minimum atomic E-state index is -0.298. The Morgan fingerprint density at radius 1 is 1.09 bits per heavy atom. The maximum absolute atomic E-state index is 13.3. The van der Waals surface area contributed by atoms with Gasteiger partial charge < -0.3 is 4.74 Å². The lowest BCUT2D eigenvalue weighted by Crippen LogP contribution is -2.24. The molecule has 3 aromatic carbocycles. The fourth-order valence-corrected chi connectivity index (χ4v) is 4.25. The Kier molecular flexibility index (Phi) is 7.95. The van der Waals surface area contributed by atoms with E-state index in [2.05, 4.69) is 22.4 Å².